The average molecular weight is 456 g/mol. The first-order valence-corrected chi connectivity index (χ1v) is 11.6. The summed E-state index contributed by atoms with van der Waals surface area (Å²) in [6, 6.07) is 2.69. The van der Waals surface area contributed by atoms with Crippen LogP contribution >= 0.6 is 23.1 Å². The molecule has 2 amide bonds. The Morgan fingerprint density at radius 1 is 1.55 bits per heavy atom. The normalized spacial score (nSPS) is 22.8. The molecule has 13 heteroatoms. The average Bonchev–Trinajstić information content (AvgIpc) is 3.23. The molecule has 2 aliphatic heterocycles. The summed E-state index contributed by atoms with van der Waals surface area (Å²) in [5.41, 5.74) is 8.62. The quantitative estimate of drug-likeness (QED) is 0.263. The molecule has 1 aromatic heterocycles. The maximum absolute atomic E-state index is 12.5. The van der Waals surface area contributed by atoms with Crippen molar-refractivity contribution in [2.45, 2.75) is 34.2 Å². The Labute approximate surface area is 176 Å². The van der Waals surface area contributed by atoms with Crippen molar-refractivity contribution in [3.8, 4) is 0 Å². The minimum Gasteiger partial charge on any atom is -0.477 e. The zero-order valence-corrected chi connectivity index (χ0v) is 17.6. The molecule has 3 rings (SSSR count). The van der Waals surface area contributed by atoms with E-state index in [9.17, 15) is 23.7 Å². The molecule has 0 bridgehead atoms. The number of nitrogens with zero attached hydrogens (tertiary/aromatic N) is 4. The second-order valence-corrected chi connectivity index (χ2v) is 10.5. The number of hydrogen-bond donors (Lipinski definition) is 2. The van der Waals surface area contributed by atoms with Crippen LogP contribution in [0.4, 0.5) is 0 Å². The van der Waals surface area contributed by atoms with Crippen molar-refractivity contribution in [2.24, 2.45) is 5.11 Å². The zero-order chi connectivity index (χ0) is 21.1. The van der Waals surface area contributed by atoms with Gasteiger partial charge in [0, 0.05) is 22.3 Å². The minimum atomic E-state index is -1.32. The number of carbonyl (C=O) groups is 3. The molecule has 29 heavy (non-hydrogen) atoms. The lowest BCUT2D eigenvalue weighted by Gasteiger charge is -2.49. The van der Waals surface area contributed by atoms with Crippen LogP contribution in [-0.2, 0) is 25.2 Å². The van der Waals surface area contributed by atoms with Gasteiger partial charge in [-0.3, -0.25) is 18.7 Å². The number of thioether (sulfide) groups is 1. The molecule has 4 atom stereocenters. The number of fused-ring (bicyclic) bond motifs is 1. The fourth-order valence-corrected chi connectivity index (χ4v) is 6.80. The largest absolute Gasteiger partial charge is 0.477 e. The molecular formula is C16H17N5O5S3. The Bertz CT molecular complexity index is 941. The first kappa shape index (κ1) is 21.4. The highest BCUT2D eigenvalue weighted by atomic mass is 32.2. The second kappa shape index (κ2) is 8.99. The van der Waals surface area contributed by atoms with Gasteiger partial charge >= 0.3 is 5.97 Å². The number of amides is 2. The predicted octanol–water partition coefficient (Wildman–Crippen LogP) is 1.68. The number of carboxylic acids is 1. The maximum Gasteiger partial charge on any atom is 0.352 e. The van der Waals surface area contributed by atoms with Crippen LogP contribution < -0.4 is 5.32 Å². The molecule has 3 heterocycles. The first-order valence-electron chi connectivity index (χ1n) is 8.49. The van der Waals surface area contributed by atoms with Gasteiger partial charge in [-0.25, -0.2) is 4.79 Å². The van der Waals surface area contributed by atoms with Crippen LogP contribution in [0, 0.1) is 0 Å². The second-order valence-electron chi connectivity index (χ2n) is 6.35. The summed E-state index contributed by atoms with van der Waals surface area (Å²) in [6.07, 6.45) is -0.0184. The molecule has 0 saturated carbocycles. The van der Waals surface area contributed by atoms with Gasteiger partial charge in [-0.2, -0.15) is 0 Å². The molecule has 0 aliphatic carbocycles. The van der Waals surface area contributed by atoms with Crippen LogP contribution in [0.5, 0.6) is 0 Å². The van der Waals surface area contributed by atoms with Crippen molar-refractivity contribution in [1.82, 2.24) is 10.2 Å². The van der Waals surface area contributed by atoms with Crippen LogP contribution in [0.3, 0.4) is 0 Å². The number of rotatable bonds is 8. The third kappa shape index (κ3) is 4.32. The van der Waals surface area contributed by atoms with Gasteiger partial charge < -0.3 is 10.4 Å². The van der Waals surface area contributed by atoms with Crippen molar-refractivity contribution in [3.63, 3.8) is 0 Å². The van der Waals surface area contributed by atoms with E-state index in [1.807, 2.05) is 5.38 Å². The maximum atomic E-state index is 12.5. The van der Waals surface area contributed by atoms with Gasteiger partial charge in [0.25, 0.3) is 5.91 Å². The summed E-state index contributed by atoms with van der Waals surface area (Å²) in [7, 11) is -1.32. The Kier molecular flexibility index (Phi) is 6.63. The molecule has 0 radical (unpaired) electrons. The van der Waals surface area contributed by atoms with Crippen LogP contribution in [0.25, 0.3) is 10.4 Å². The van der Waals surface area contributed by atoms with Gasteiger partial charge in [0.05, 0.1) is 21.6 Å². The molecular weight excluding hydrogens is 438 g/mol. The van der Waals surface area contributed by atoms with Crippen LogP contribution in [-0.4, -0.2) is 61.0 Å². The summed E-state index contributed by atoms with van der Waals surface area (Å²) >= 11 is 2.65. The molecule has 0 spiro atoms. The number of azide groups is 1. The molecule has 10 nitrogen and oxygen atoms in total. The number of β-lactam (4-membered cyclic amide) rings is 1. The van der Waals surface area contributed by atoms with Crippen molar-refractivity contribution >= 4 is 51.7 Å². The summed E-state index contributed by atoms with van der Waals surface area (Å²) in [5, 5.41) is 16.3. The van der Waals surface area contributed by atoms with E-state index in [0.29, 0.717) is 9.78 Å². The predicted molar refractivity (Wildman–Crippen MR) is 109 cm³/mol. The Morgan fingerprint density at radius 3 is 2.93 bits per heavy atom. The van der Waals surface area contributed by atoms with E-state index >= 15 is 0 Å². The fourth-order valence-electron chi connectivity index (χ4n) is 3.07. The van der Waals surface area contributed by atoms with E-state index in [4.69, 9.17) is 5.53 Å². The lowest BCUT2D eigenvalue weighted by Crippen LogP contribution is -2.70. The first-order chi connectivity index (χ1) is 13.8. The number of thiophene rings is 1. The van der Waals surface area contributed by atoms with Gasteiger partial charge in [-0.15, -0.1) is 23.1 Å². The minimum absolute atomic E-state index is 0.0184. The summed E-state index contributed by atoms with van der Waals surface area (Å²) in [6.45, 7) is 1.57. The third-order valence-electron chi connectivity index (χ3n) is 4.42. The van der Waals surface area contributed by atoms with E-state index in [-0.39, 0.29) is 24.4 Å². The zero-order valence-electron chi connectivity index (χ0n) is 15.2. The molecule has 154 valence electrons. The number of aliphatic carboxylic acids is 1. The third-order valence-corrected chi connectivity index (χ3v) is 8.64. The fraction of sp³-hybridized carbons (Fsp3) is 0.438. The van der Waals surface area contributed by atoms with Gasteiger partial charge in [0.15, 0.2) is 0 Å². The topological polar surface area (TPSA) is 153 Å². The van der Waals surface area contributed by atoms with E-state index < -0.39 is 45.2 Å². The highest BCUT2D eigenvalue weighted by Gasteiger charge is 2.54. The molecule has 1 fully saturated rings. The van der Waals surface area contributed by atoms with E-state index in [1.165, 1.54) is 23.1 Å². The molecule has 2 N–H and O–H groups in total. The lowest BCUT2D eigenvalue weighted by atomic mass is 10.0. The van der Waals surface area contributed by atoms with Crippen LogP contribution in [0.2, 0.25) is 0 Å². The van der Waals surface area contributed by atoms with Gasteiger partial charge in [0.2, 0.25) is 5.91 Å². The Balaban J connectivity index is 1.64. The van der Waals surface area contributed by atoms with Crippen molar-refractivity contribution in [3.05, 3.63) is 39.2 Å². The summed E-state index contributed by atoms with van der Waals surface area (Å²) < 4.78 is 13.1. The highest BCUT2D eigenvalue weighted by Crippen LogP contribution is 2.40. The monoisotopic (exact) mass is 455 g/mol. The van der Waals surface area contributed by atoms with E-state index in [0.717, 1.165) is 4.90 Å². The SMILES string of the molecule is CC(CC(=O)NC1C(=O)N2C(C(=O)O)=C(CN=[N+]=[N-])CS[C@@H]12)S(=O)c1cccs1. The lowest BCUT2D eigenvalue weighted by molar-refractivity contribution is -0.150. The van der Waals surface area contributed by atoms with Crippen molar-refractivity contribution < 1.29 is 23.7 Å². The molecule has 0 aromatic carbocycles. The van der Waals surface area contributed by atoms with Crippen molar-refractivity contribution in [2.75, 3.05) is 12.3 Å². The van der Waals surface area contributed by atoms with Crippen molar-refractivity contribution in [1.29, 1.82) is 0 Å². The number of carbonyl (C=O) groups excluding carboxylic acids is 2. The van der Waals surface area contributed by atoms with Crippen LogP contribution in [0.1, 0.15) is 13.3 Å². The van der Waals surface area contributed by atoms with Gasteiger partial charge in [0.1, 0.15) is 17.1 Å². The summed E-state index contributed by atoms with van der Waals surface area (Å²) in [4.78, 5) is 40.2. The Morgan fingerprint density at radius 2 is 2.31 bits per heavy atom. The summed E-state index contributed by atoms with van der Waals surface area (Å²) in [5.74, 6) is -1.95. The van der Waals surface area contributed by atoms with E-state index in [2.05, 4.69) is 15.3 Å². The molecule has 1 saturated heterocycles. The highest BCUT2D eigenvalue weighted by molar-refractivity contribution is 8.00. The number of carboxylic acid groups (broad SMARTS) is 1. The molecule has 1 aromatic rings. The molecule has 3 unspecified atom stereocenters. The number of hydrogen-bond acceptors (Lipinski definition) is 7. The Hall–Kier alpha value is -2.34. The standard InChI is InChI=1S/C16H17N5O5S3/c1-8(29(26)11-3-2-4-27-11)5-10(22)19-12-14(23)21-13(16(24)25)9(6-18-20-17)7-28-15(12)21/h2-4,8,12,15H,5-7H2,1H3,(H,19,22)(H,24,25)/t8?,12?,15-,29?/m0/s1. The molecule has 2 aliphatic rings. The van der Waals surface area contributed by atoms with Gasteiger partial charge in [-0.1, -0.05) is 11.2 Å². The number of nitrogens with one attached hydrogen (secondary N) is 1. The van der Waals surface area contributed by atoms with Gasteiger partial charge in [-0.05, 0) is 29.5 Å². The van der Waals surface area contributed by atoms with Crippen LogP contribution in [0.15, 0.2) is 38.1 Å². The smallest absolute Gasteiger partial charge is 0.352 e. The van der Waals surface area contributed by atoms with E-state index in [1.54, 1.807) is 19.1 Å².